The van der Waals surface area contributed by atoms with Crippen LogP contribution < -0.4 is 11.0 Å². The van der Waals surface area contributed by atoms with E-state index >= 15 is 0 Å². The van der Waals surface area contributed by atoms with Gasteiger partial charge in [0, 0.05) is 5.69 Å². The van der Waals surface area contributed by atoms with E-state index in [1.165, 1.54) is 6.07 Å². The summed E-state index contributed by atoms with van der Waals surface area (Å²) in [7, 11) is 0. The average Bonchev–Trinajstić information content (AvgIpc) is 2.92. The maximum atomic E-state index is 13.0. The SMILES string of the molecule is O=C(COC(=O)c1ccc(F)cc1Cl)Nc1ccc2[nH]c(=O)[nH]c2c1. The third kappa shape index (κ3) is 3.86. The van der Waals surface area contributed by atoms with E-state index in [0.29, 0.717) is 16.7 Å². The molecule has 1 aromatic heterocycles. The molecule has 9 heteroatoms. The molecule has 0 saturated heterocycles. The Morgan fingerprint density at radius 2 is 1.88 bits per heavy atom. The van der Waals surface area contributed by atoms with Gasteiger partial charge in [0.05, 0.1) is 21.6 Å². The molecule has 0 radical (unpaired) electrons. The summed E-state index contributed by atoms with van der Waals surface area (Å²) in [5, 5.41) is 2.42. The van der Waals surface area contributed by atoms with Crippen molar-refractivity contribution >= 4 is 40.2 Å². The highest BCUT2D eigenvalue weighted by Crippen LogP contribution is 2.18. The predicted octanol–water partition coefficient (Wildman–Crippen LogP) is 2.44. The Bertz CT molecular complexity index is 1030. The number of rotatable bonds is 4. The van der Waals surface area contributed by atoms with Crippen LogP contribution in [0.2, 0.25) is 5.02 Å². The Balaban J connectivity index is 1.61. The van der Waals surface area contributed by atoms with Gasteiger partial charge in [-0.15, -0.1) is 0 Å². The molecule has 128 valence electrons. The van der Waals surface area contributed by atoms with Gasteiger partial charge < -0.3 is 20.0 Å². The second kappa shape index (κ2) is 6.78. The van der Waals surface area contributed by atoms with Crippen molar-refractivity contribution in [3.63, 3.8) is 0 Å². The quantitative estimate of drug-likeness (QED) is 0.619. The van der Waals surface area contributed by atoms with E-state index in [1.807, 2.05) is 0 Å². The number of aromatic amines is 2. The van der Waals surface area contributed by atoms with Gasteiger partial charge in [-0.2, -0.15) is 0 Å². The van der Waals surface area contributed by atoms with Gasteiger partial charge in [-0.3, -0.25) is 4.79 Å². The molecule has 25 heavy (non-hydrogen) atoms. The third-order valence-electron chi connectivity index (χ3n) is 3.29. The fourth-order valence-electron chi connectivity index (χ4n) is 2.17. The van der Waals surface area contributed by atoms with Crippen LogP contribution in [0, 0.1) is 5.82 Å². The molecule has 0 atom stereocenters. The number of anilines is 1. The molecule has 3 rings (SSSR count). The number of carbonyl (C=O) groups is 2. The molecule has 0 unspecified atom stereocenters. The molecule has 0 aliphatic rings. The number of hydrogen-bond acceptors (Lipinski definition) is 4. The van der Waals surface area contributed by atoms with Crippen LogP contribution in [0.5, 0.6) is 0 Å². The summed E-state index contributed by atoms with van der Waals surface area (Å²) >= 11 is 5.75. The number of esters is 1. The standard InChI is InChI=1S/C16H11ClFN3O4/c17-11-5-8(18)1-3-10(11)15(23)25-7-14(22)19-9-2-4-12-13(6-9)21-16(24)20-12/h1-6H,7H2,(H,19,22)(H2,20,21,24). The first-order valence-corrected chi connectivity index (χ1v) is 7.44. The highest BCUT2D eigenvalue weighted by molar-refractivity contribution is 6.33. The predicted molar refractivity (Wildman–Crippen MR) is 89.2 cm³/mol. The van der Waals surface area contributed by atoms with Crippen molar-refractivity contribution in [2.24, 2.45) is 0 Å². The van der Waals surface area contributed by atoms with Gasteiger partial charge in [0.1, 0.15) is 5.82 Å². The third-order valence-corrected chi connectivity index (χ3v) is 3.60. The van der Waals surface area contributed by atoms with Crippen molar-refractivity contribution in [2.75, 3.05) is 11.9 Å². The number of amides is 1. The van der Waals surface area contributed by atoms with E-state index in [2.05, 4.69) is 15.3 Å². The number of halogens is 2. The summed E-state index contributed by atoms with van der Waals surface area (Å²) < 4.78 is 17.8. The van der Waals surface area contributed by atoms with Crippen molar-refractivity contribution in [1.82, 2.24) is 9.97 Å². The fraction of sp³-hybridized carbons (Fsp3) is 0.0625. The summed E-state index contributed by atoms with van der Waals surface area (Å²) in [5.74, 6) is -2.01. The molecule has 3 N–H and O–H groups in total. The highest BCUT2D eigenvalue weighted by atomic mass is 35.5. The minimum Gasteiger partial charge on any atom is -0.452 e. The Morgan fingerprint density at radius 3 is 2.64 bits per heavy atom. The molecule has 2 aromatic carbocycles. The maximum absolute atomic E-state index is 13.0. The number of H-pyrrole nitrogens is 2. The molecule has 0 aliphatic heterocycles. The van der Waals surface area contributed by atoms with Crippen LogP contribution in [0.4, 0.5) is 10.1 Å². The zero-order valence-electron chi connectivity index (χ0n) is 12.6. The van der Waals surface area contributed by atoms with E-state index in [1.54, 1.807) is 18.2 Å². The van der Waals surface area contributed by atoms with Crippen molar-refractivity contribution in [1.29, 1.82) is 0 Å². The van der Waals surface area contributed by atoms with E-state index in [-0.39, 0.29) is 16.3 Å². The van der Waals surface area contributed by atoms with Crippen LogP contribution in [0.3, 0.4) is 0 Å². The first kappa shape index (κ1) is 16.7. The number of benzene rings is 2. The monoisotopic (exact) mass is 363 g/mol. The molecule has 0 fully saturated rings. The fourth-order valence-corrected chi connectivity index (χ4v) is 2.42. The summed E-state index contributed by atoms with van der Waals surface area (Å²) in [6.45, 7) is -0.547. The zero-order chi connectivity index (χ0) is 18.0. The van der Waals surface area contributed by atoms with Crippen LogP contribution in [-0.4, -0.2) is 28.5 Å². The zero-order valence-corrected chi connectivity index (χ0v) is 13.3. The molecule has 0 bridgehead atoms. The van der Waals surface area contributed by atoms with E-state index < -0.39 is 24.3 Å². The largest absolute Gasteiger partial charge is 0.452 e. The average molecular weight is 364 g/mol. The van der Waals surface area contributed by atoms with Gasteiger partial charge in [-0.1, -0.05) is 11.6 Å². The summed E-state index contributed by atoms with van der Waals surface area (Å²) in [6, 6.07) is 7.98. The topological polar surface area (TPSA) is 104 Å². The van der Waals surface area contributed by atoms with Crippen LogP contribution in [0.15, 0.2) is 41.2 Å². The normalized spacial score (nSPS) is 10.6. The van der Waals surface area contributed by atoms with Crippen molar-refractivity contribution in [3.8, 4) is 0 Å². The lowest BCUT2D eigenvalue weighted by Crippen LogP contribution is -2.21. The smallest absolute Gasteiger partial charge is 0.340 e. The van der Waals surface area contributed by atoms with Gasteiger partial charge in [-0.25, -0.2) is 14.0 Å². The van der Waals surface area contributed by atoms with Crippen molar-refractivity contribution < 1.29 is 18.7 Å². The lowest BCUT2D eigenvalue weighted by molar-refractivity contribution is -0.119. The van der Waals surface area contributed by atoms with Crippen LogP contribution in [-0.2, 0) is 9.53 Å². The van der Waals surface area contributed by atoms with Crippen LogP contribution in [0.25, 0.3) is 11.0 Å². The number of imidazole rings is 1. The lowest BCUT2D eigenvalue weighted by Gasteiger charge is -2.07. The van der Waals surface area contributed by atoms with Crippen LogP contribution >= 0.6 is 11.6 Å². The maximum Gasteiger partial charge on any atom is 0.340 e. The summed E-state index contributed by atoms with van der Waals surface area (Å²) in [5.41, 5.74) is 1.15. The molecule has 1 amide bonds. The van der Waals surface area contributed by atoms with Gasteiger partial charge in [0.2, 0.25) is 0 Å². The van der Waals surface area contributed by atoms with Gasteiger partial charge in [-0.05, 0) is 36.4 Å². The number of nitrogens with one attached hydrogen (secondary N) is 3. The molecule has 1 heterocycles. The lowest BCUT2D eigenvalue weighted by atomic mass is 10.2. The highest BCUT2D eigenvalue weighted by Gasteiger charge is 2.14. The summed E-state index contributed by atoms with van der Waals surface area (Å²) in [4.78, 5) is 40.1. The molecular weight excluding hydrogens is 353 g/mol. The summed E-state index contributed by atoms with van der Waals surface area (Å²) in [6.07, 6.45) is 0. The second-order valence-corrected chi connectivity index (χ2v) is 5.50. The molecule has 3 aromatic rings. The Hall–Kier alpha value is -3.13. The molecule has 0 aliphatic carbocycles. The van der Waals surface area contributed by atoms with Gasteiger partial charge >= 0.3 is 11.7 Å². The minimum atomic E-state index is -0.842. The van der Waals surface area contributed by atoms with E-state index in [0.717, 1.165) is 12.1 Å². The Labute approximate surface area is 144 Å². The Morgan fingerprint density at radius 1 is 1.12 bits per heavy atom. The van der Waals surface area contributed by atoms with Gasteiger partial charge in [0.15, 0.2) is 6.61 Å². The molecular formula is C16H11ClFN3O4. The minimum absolute atomic E-state index is 0.0396. The number of aromatic nitrogens is 2. The van der Waals surface area contributed by atoms with E-state index in [9.17, 15) is 18.8 Å². The Kier molecular flexibility index (Phi) is 4.53. The number of carbonyl (C=O) groups excluding carboxylic acids is 2. The molecule has 7 nitrogen and oxygen atoms in total. The van der Waals surface area contributed by atoms with Crippen molar-refractivity contribution in [3.05, 3.63) is 63.3 Å². The number of ether oxygens (including phenoxy) is 1. The molecule has 0 saturated carbocycles. The first-order chi connectivity index (χ1) is 11.9. The van der Waals surface area contributed by atoms with Crippen molar-refractivity contribution in [2.45, 2.75) is 0 Å². The van der Waals surface area contributed by atoms with Gasteiger partial charge in [0.25, 0.3) is 5.91 Å². The van der Waals surface area contributed by atoms with E-state index in [4.69, 9.17) is 16.3 Å². The second-order valence-electron chi connectivity index (χ2n) is 5.09. The van der Waals surface area contributed by atoms with Crippen LogP contribution in [0.1, 0.15) is 10.4 Å². The number of hydrogen-bond donors (Lipinski definition) is 3. The number of fused-ring (bicyclic) bond motifs is 1. The first-order valence-electron chi connectivity index (χ1n) is 7.06. The molecule has 0 spiro atoms.